The molecule has 1 heterocycles. The molecule has 0 radical (unpaired) electrons. The fraction of sp³-hybridized carbons (Fsp3) is 0.600. The van der Waals surface area contributed by atoms with E-state index in [0.29, 0.717) is 5.92 Å². The van der Waals surface area contributed by atoms with Gasteiger partial charge in [0.15, 0.2) is 0 Å². The number of nitrogens with one attached hydrogen (secondary N) is 1. The number of fused-ring (bicyclic) bond motifs is 1. The van der Waals surface area contributed by atoms with Crippen LogP contribution in [0.25, 0.3) is 0 Å². The molecule has 1 aromatic rings. The summed E-state index contributed by atoms with van der Waals surface area (Å²) in [7, 11) is 2.00. The SMILES string of the molecule is CNCC1CCc2oc(C)cc21. The molecule has 1 N–H and O–H groups in total. The van der Waals surface area contributed by atoms with Crippen molar-refractivity contribution in [2.24, 2.45) is 0 Å². The van der Waals surface area contributed by atoms with Gasteiger partial charge in [0.2, 0.25) is 0 Å². The zero-order valence-corrected chi connectivity index (χ0v) is 7.68. The molecule has 0 aromatic carbocycles. The summed E-state index contributed by atoms with van der Waals surface area (Å²) in [6, 6.07) is 2.18. The van der Waals surface area contributed by atoms with E-state index in [0.717, 1.165) is 18.7 Å². The molecule has 0 bridgehead atoms. The van der Waals surface area contributed by atoms with E-state index in [-0.39, 0.29) is 0 Å². The fourth-order valence-corrected chi connectivity index (χ4v) is 2.04. The Labute approximate surface area is 73.0 Å². The first kappa shape index (κ1) is 7.87. The van der Waals surface area contributed by atoms with Crippen LogP contribution in [0.5, 0.6) is 0 Å². The Hall–Kier alpha value is -0.760. The lowest BCUT2D eigenvalue weighted by Crippen LogP contribution is -2.14. The van der Waals surface area contributed by atoms with Crippen LogP contribution in [0.2, 0.25) is 0 Å². The summed E-state index contributed by atoms with van der Waals surface area (Å²) in [5, 5.41) is 3.22. The normalized spacial score (nSPS) is 21.3. The minimum atomic E-state index is 0.683. The van der Waals surface area contributed by atoms with Gasteiger partial charge in [-0.15, -0.1) is 0 Å². The highest BCUT2D eigenvalue weighted by Crippen LogP contribution is 2.34. The smallest absolute Gasteiger partial charge is 0.107 e. The molecule has 0 fully saturated rings. The molecule has 2 heteroatoms. The highest BCUT2D eigenvalue weighted by molar-refractivity contribution is 5.30. The summed E-state index contributed by atoms with van der Waals surface area (Å²) in [6.07, 6.45) is 2.37. The molecule has 0 spiro atoms. The number of likely N-dealkylation sites (N-methyl/N-ethyl adjacent to an activating group) is 1. The second-order valence-corrected chi connectivity index (χ2v) is 3.53. The Morgan fingerprint density at radius 2 is 2.50 bits per heavy atom. The monoisotopic (exact) mass is 165 g/mol. The Kier molecular flexibility index (Phi) is 1.93. The molecule has 1 atom stereocenters. The largest absolute Gasteiger partial charge is 0.466 e. The Morgan fingerprint density at radius 1 is 1.67 bits per heavy atom. The zero-order chi connectivity index (χ0) is 8.55. The molecule has 1 aromatic heterocycles. The summed E-state index contributed by atoms with van der Waals surface area (Å²) in [5.41, 5.74) is 1.43. The first-order valence-electron chi connectivity index (χ1n) is 4.55. The molecule has 66 valence electrons. The molecule has 12 heavy (non-hydrogen) atoms. The van der Waals surface area contributed by atoms with Gasteiger partial charge in [0.25, 0.3) is 0 Å². The van der Waals surface area contributed by atoms with Crippen molar-refractivity contribution >= 4 is 0 Å². The number of aryl methyl sites for hydroxylation is 2. The van der Waals surface area contributed by atoms with Crippen LogP contribution >= 0.6 is 0 Å². The lowest BCUT2D eigenvalue weighted by atomic mass is 10.0. The molecule has 0 saturated carbocycles. The molecule has 1 aliphatic carbocycles. The van der Waals surface area contributed by atoms with E-state index in [2.05, 4.69) is 11.4 Å². The topological polar surface area (TPSA) is 25.2 Å². The maximum atomic E-state index is 5.57. The summed E-state index contributed by atoms with van der Waals surface area (Å²) < 4.78 is 5.57. The van der Waals surface area contributed by atoms with E-state index < -0.39 is 0 Å². The summed E-state index contributed by atoms with van der Waals surface area (Å²) in [6.45, 7) is 3.10. The summed E-state index contributed by atoms with van der Waals surface area (Å²) >= 11 is 0. The predicted molar refractivity (Wildman–Crippen MR) is 48.4 cm³/mol. The van der Waals surface area contributed by atoms with Crippen LogP contribution in [0.15, 0.2) is 10.5 Å². The van der Waals surface area contributed by atoms with Gasteiger partial charge in [-0.05, 0) is 32.0 Å². The first-order chi connectivity index (χ1) is 5.81. The molecule has 1 aliphatic rings. The number of hydrogen-bond acceptors (Lipinski definition) is 2. The molecule has 0 saturated heterocycles. The van der Waals surface area contributed by atoms with Gasteiger partial charge in [0, 0.05) is 18.9 Å². The lowest BCUT2D eigenvalue weighted by Gasteiger charge is -2.06. The summed E-state index contributed by atoms with van der Waals surface area (Å²) in [4.78, 5) is 0. The molecular weight excluding hydrogens is 150 g/mol. The molecule has 0 aliphatic heterocycles. The molecule has 2 nitrogen and oxygen atoms in total. The minimum absolute atomic E-state index is 0.683. The maximum absolute atomic E-state index is 5.57. The van der Waals surface area contributed by atoms with Crippen molar-refractivity contribution in [3.63, 3.8) is 0 Å². The van der Waals surface area contributed by atoms with Crippen LogP contribution in [0.1, 0.15) is 29.4 Å². The van der Waals surface area contributed by atoms with Crippen LogP contribution in [0, 0.1) is 6.92 Å². The second kappa shape index (κ2) is 2.94. The van der Waals surface area contributed by atoms with Crippen molar-refractivity contribution in [3.8, 4) is 0 Å². The third-order valence-electron chi connectivity index (χ3n) is 2.58. The Bertz CT molecular complexity index is 277. The second-order valence-electron chi connectivity index (χ2n) is 3.53. The van der Waals surface area contributed by atoms with Gasteiger partial charge in [0.05, 0.1) is 0 Å². The van der Waals surface area contributed by atoms with Crippen LogP contribution in [0.3, 0.4) is 0 Å². The van der Waals surface area contributed by atoms with E-state index >= 15 is 0 Å². The number of furan rings is 1. The van der Waals surface area contributed by atoms with E-state index in [4.69, 9.17) is 4.42 Å². The van der Waals surface area contributed by atoms with Crippen molar-refractivity contribution in [3.05, 3.63) is 23.2 Å². The zero-order valence-electron chi connectivity index (χ0n) is 7.68. The Morgan fingerprint density at radius 3 is 3.25 bits per heavy atom. The molecule has 0 amide bonds. The van der Waals surface area contributed by atoms with Gasteiger partial charge >= 0.3 is 0 Å². The first-order valence-corrected chi connectivity index (χ1v) is 4.55. The Balaban J connectivity index is 2.22. The van der Waals surface area contributed by atoms with Gasteiger partial charge in [-0.3, -0.25) is 0 Å². The molecule has 1 unspecified atom stereocenters. The van der Waals surface area contributed by atoms with Gasteiger partial charge in [-0.1, -0.05) is 0 Å². The summed E-state index contributed by atoms with van der Waals surface area (Å²) in [5.74, 6) is 2.95. The van der Waals surface area contributed by atoms with E-state index in [9.17, 15) is 0 Å². The van der Waals surface area contributed by atoms with Gasteiger partial charge in [0.1, 0.15) is 11.5 Å². The third kappa shape index (κ3) is 1.16. The van der Waals surface area contributed by atoms with Crippen molar-refractivity contribution in [1.29, 1.82) is 0 Å². The van der Waals surface area contributed by atoms with Crippen LogP contribution in [0.4, 0.5) is 0 Å². The standard InChI is InChI=1S/C10H15NO/c1-7-5-9-8(6-11-2)3-4-10(9)12-7/h5,8,11H,3-4,6H2,1-2H3. The number of rotatable bonds is 2. The highest BCUT2D eigenvalue weighted by Gasteiger charge is 2.25. The average molecular weight is 165 g/mol. The van der Waals surface area contributed by atoms with Gasteiger partial charge in [-0.2, -0.15) is 0 Å². The van der Waals surface area contributed by atoms with Crippen molar-refractivity contribution in [2.75, 3.05) is 13.6 Å². The van der Waals surface area contributed by atoms with E-state index in [1.807, 2.05) is 14.0 Å². The van der Waals surface area contributed by atoms with Crippen molar-refractivity contribution in [1.82, 2.24) is 5.32 Å². The maximum Gasteiger partial charge on any atom is 0.107 e. The molecular formula is C10H15NO. The predicted octanol–water partition coefficient (Wildman–Crippen LogP) is 1.84. The average Bonchev–Trinajstić information content (AvgIpc) is 2.52. The third-order valence-corrected chi connectivity index (χ3v) is 2.58. The lowest BCUT2D eigenvalue weighted by molar-refractivity contribution is 0.486. The van der Waals surface area contributed by atoms with Crippen LogP contribution < -0.4 is 5.32 Å². The van der Waals surface area contributed by atoms with Crippen molar-refractivity contribution < 1.29 is 4.42 Å². The van der Waals surface area contributed by atoms with Gasteiger partial charge in [-0.25, -0.2) is 0 Å². The quantitative estimate of drug-likeness (QED) is 0.723. The van der Waals surface area contributed by atoms with E-state index in [1.54, 1.807) is 0 Å². The molecule has 2 rings (SSSR count). The van der Waals surface area contributed by atoms with Crippen molar-refractivity contribution in [2.45, 2.75) is 25.7 Å². The van der Waals surface area contributed by atoms with Crippen LogP contribution in [-0.4, -0.2) is 13.6 Å². The van der Waals surface area contributed by atoms with Gasteiger partial charge < -0.3 is 9.73 Å². The fourth-order valence-electron chi connectivity index (χ4n) is 2.04. The number of hydrogen-bond donors (Lipinski definition) is 1. The van der Waals surface area contributed by atoms with Crippen LogP contribution in [-0.2, 0) is 6.42 Å². The highest BCUT2D eigenvalue weighted by atomic mass is 16.3. The minimum Gasteiger partial charge on any atom is -0.466 e. The van der Waals surface area contributed by atoms with E-state index in [1.165, 1.54) is 17.7 Å².